The summed E-state index contributed by atoms with van der Waals surface area (Å²) in [6, 6.07) is 3.32. The molecule has 88 valence electrons. The molecule has 0 radical (unpaired) electrons. The van der Waals surface area contributed by atoms with E-state index in [4.69, 9.17) is 4.74 Å². The maximum Gasteiger partial charge on any atom is 0.325 e. The van der Waals surface area contributed by atoms with Crippen molar-refractivity contribution in [1.82, 2.24) is 0 Å². The van der Waals surface area contributed by atoms with Gasteiger partial charge in [0.2, 0.25) is 0 Å². The molecule has 0 saturated heterocycles. The molecule has 0 fully saturated rings. The number of nitrogens with one attached hydrogen (secondary N) is 1. The predicted octanol–water partition coefficient (Wildman–Crippen LogP) is 2.33. The van der Waals surface area contributed by atoms with E-state index in [1.165, 1.54) is 6.07 Å². The Kier molecular flexibility index (Phi) is 4.22. The first-order valence-electron chi connectivity index (χ1n) is 4.87. The van der Waals surface area contributed by atoms with Gasteiger partial charge in [-0.05, 0) is 26.0 Å². The molecule has 1 rings (SSSR count). The number of carbonyl (C=O) groups is 1. The van der Waals surface area contributed by atoms with E-state index in [2.05, 4.69) is 5.32 Å². The second-order valence-corrected chi connectivity index (χ2v) is 3.52. The van der Waals surface area contributed by atoms with Crippen LogP contribution in [0.2, 0.25) is 0 Å². The van der Waals surface area contributed by atoms with Crippen LogP contribution < -0.4 is 5.32 Å². The molecule has 0 atom stereocenters. The van der Waals surface area contributed by atoms with Gasteiger partial charge >= 0.3 is 5.97 Å². The first-order valence-corrected chi connectivity index (χ1v) is 4.87. The number of halogens is 2. The zero-order valence-electron chi connectivity index (χ0n) is 9.09. The van der Waals surface area contributed by atoms with E-state index in [1.54, 1.807) is 13.8 Å². The van der Waals surface area contributed by atoms with E-state index in [0.29, 0.717) is 5.69 Å². The minimum Gasteiger partial charge on any atom is -0.462 e. The van der Waals surface area contributed by atoms with Gasteiger partial charge in [-0.25, -0.2) is 8.78 Å². The highest BCUT2D eigenvalue weighted by Crippen LogP contribution is 2.12. The minimum absolute atomic E-state index is 0.0801. The molecule has 0 spiro atoms. The Bertz CT molecular complexity index is 380. The number of rotatable bonds is 4. The largest absolute Gasteiger partial charge is 0.462 e. The number of carbonyl (C=O) groups excluding carboxylic acids is 1. The Morgan fingerprint density at radius 2 is 2.06 bits per heavy atom. The van der Waals surface area contributed by atoms with Crippen molar-refractivity contribution in [1.29, 1.82) is 0 Å². The molecule has 1 aromatic carbocycles. The van der Waals surface area contributed by atoms with Crippen molar-refractivity contribution < 1.29 is 18.3 Å². The van der Waals surface area contributed by atoms with Crippen LogP contribution in [0.3, 0.4) is 0 Å². The van der Waals surface area contributed by atoms with Gasteiger partial charge < -0.3 is 10.1 Å². The maximum atomic E-state index is 12.8. The molecule has 0 aliphatic rings. The first kappa shape index (κ1) is 12.4. The average Bonchev–Trinajstić information content (AvgIpc) is 2.19. The van der Waals surface area contributed by atoms with E-state index in [1.807, 2.05) is 0 Å². The van der Waals surface area contributed by atoms with Crippen LogP contribution in [0.4, 0.5) is 14.5 Å². The Balaban J connectivity index is 2.48. The average molecular weight is 229 g/mol. The van der Waals surface area contributed by atoms with Gasteiger partial charge in [0.15, 0.2) is 11.6 Å². The van der Waals surface area contributed by atoms with Crippen molar-refractivity contribution in [3.63, 3.8) is 0 Å². The number of esters is 1. The zero-order chi connectivity index (χ0) is 12.1. The highest BCUT2D eigenvalue weighted by molar-refractivity contribution is 5.75. The summed E-state index contributed by atoms with van der Waals surface area (Å²) in [5.41, 5.74) is 0.333. The molecular formula is C11H13F2NO2. The molecule has 0 aliphatic heterocycles. The van der Waals surface area contributed by atoms with Gasteiger partial charge in [-0.2, -0.15) is 0 Å². The summed E-state index contributed by atoms with van der Waals surface area (Å²) >= 11 is 0. The van der Waals surface area contributed by atoms with Crippen LogP contribution in [0, 0.1) is 11.6 Å². The van der Waals surface area contributed by atoms with Crippen LogP contribution >= 0.6 is 0 Å². The van der Waals surface area contributed by atoms with Crippen LogP contribution in [-0.4, -0.2) is 18.6 Å². The molecule has 0 saturated carbocycles. The fourth-order valence-electron chi connectivity index (χ4n) is 1.08. The summed E-state index contributed by atoms with van der Waals surface area (Å²) < 4.78 is 30.2. The number of benzene rings is 1. The third-order valence-electron chi connectivity index (χ3n) is 1.72. The van der Waals surface area contributed by atoms with Crippen molar-refractivity contribution >= 4 is 11.7 Å². The van der Waals surface area contributed by atoms with Gasteiger partial charge in [0.25, 0.3) is 0 Å². The van der Waals surface area contributed by atoms with Gasteiger partial charge in [0, 0.05) is 11.8 Å². The molecule has 0 unspecified atom stereocenters. The van der Waals surface area contributed by atoms with Crippen LogP contribution in [0.15, 0.2) is 18.2 Å². The third kappa shape index (κ3) is 3.84. The van der Waals surface area contributed by atoms with E-state index >= 15 is 0 Å². The van der Waals surface area contributed by atoms with Crippen LogP contribution in [0.25, 0.3) is 0 Å². The fraction of sp³-hybridized carbons (Fsp3) is 0.364. The molecule has 3 nitrogen and oxygen atoms in total. The molecule has 0 heterocycles. The summed E-state index contributed by atoms with van der Waals surface area (Å²) in [6.45, 7) is 3.38. The monoisotopic (exact) mass is 229 g/mol. The van der Waals surface area contributed by atoms with Gasteiger partial charge in [-0.3, -0.25) is 4.79 Å². The highest BCUT2D eigenvalue weighted by Gasteiger charge is 2.06. The molecule has 0 bridgehead atoms. The second-order valence-electron chi connectivity index (χ2n) is 3.52. The van der Waals surface area contributed by atoms with Gasteiger partial charge in [0.05, 0.1) is 6.10 Å². The lowest BCUT2D eigenvalue weighted by molar-refractivity contribution is -0.145. The quantitative estimate of drug-likeness (QED) is 0.805. The van der Waals surface area contributed by atoms with E-state index in [-0.39, 0.29) is 12.6 Å². The van der Waals surface area contributed by atoms with Crippen LogP contribution in [0.5, 0.6) is 0 Å². The van der Waals surface area contributed by atoms with Crippen molar-refractivity contribution in [2.75, 3.05) is 11.9 Å². The SMILES string of the molecule is CC(C)OC(=O)CNc1ccc(F)c(F)c1. The van der Waals surface area contributed by atoms with Gasteiger partial charge in [-0.1, -0.05) is 0 Å². The number of anilines is 1. The van der Waals surface area contributed by atoms with Crippen molar-refractivity contribution in [3.8, 4) is 0 Å². The van der Waals surface area contributed by atoms with Crippen molar-refractivity contribution in [3.05, 3.63) is 29.8 Å². The van der Waals surface area contributed by atoms with Crippen LogP contribution in [0.1, 0.15) is 13.8 Å². The standard InChI is InChI=1S/C11H13F2NO2/c1-7(2)16-11(15)6-14-8-3-4-9(12)10(13)5-8/h3-5,7,14H,6H2,1-2H3. The fourth-order valence-corrected chi connectivity index (χ4v) is 1.08. The smallest absolute Gasteiger partial charge is 0.325 e. The lowest BCUT2D eigenvalue weighted by Crippen LogP contribution is -2.20. The molecule has 1 aromatic rings. The molecule has 0 amide bonds. The second kappa shape index (κ2) is 5.44. The molecule has 0 aromatic heterocycles. The normalized spacial score (nSPS) is 10.3. The van der Waals surface area contributed by atoms with Crippen molar-refractivity contribution in [2.24, 2.45) is 0 Å². The van der Waals surface area contributed by atoms with E-state index in [0.717, 1.165) is 12.1 Å². The van der Waals surface area contributed by atoms with E-state index in [9.17, 15) is 13.6 Å². The molecule has 1 N–H and O–H groups in total. The number of hydrogen-bond acceptors (Lipinski definition) is 3. The summed E-state index contributed by atoms with van der Waals surface area (Å²) in [4.78, 5) is 11.1. The van der Waals surface area contributed by atoms with Gasteiger partial charge in [-0.15, -0.1) is 0 Å². The topological polar surface area (TPSA) is 38.3 Å². The minimum atomic E-state index is -0.956. The summed E-state index contributed by atoms with van der Waals surface area (Å²) in [7, 11) is 0. The highest BCUT2D eigenvalue weighted by atomic mass is 19.2. The third-order valence-corrected chi connectivity index (χ3v) is 1.72. The Morgan fingerprint density at radius 3 is 2.62 bits per heavy atom. The molecule has 0 aliphatic carbocycles. The Hall–Kier alpha value is -1.65. The summed E-state index contributed by atoms with van der Waals surface area (Å²) in [5, 5.41) is 2.64. The molecule has 16 heavy (non-hydrogen) atoms. The lowest BCUT2D eigenvalue weighted by Gasteiger charge is -2.09. The maximum absolute atomic E-state index is 12.8. The Labute approximate surface area is 92.4 Å². The first-order chi connectivity index (χ1) is 7.49. The summed E-state index contributed by atoms with van der Waals surface area (Å²) in [5.74, 6) is -2.32. The lowest BCUT2D eigenvalue weighted by atomic mass is 10.3. The van der Waals surface area contributed by atoms with E-state index < -0.39 is 17.6 Å². The van der Waals surface area contributed by atoms with Crippen molar-refractivity contribution in [2.45, 2.75) is 20.0 Å². The predicted molar refractivity (Wildman–Crippen MR) is 56.1 cm³/mol. The van der Waals surface area contributed by atoms with Crippen LogP contribution in [-0.2, 0) is 9.53 Å². The molecule has 5 heteroatoms. The Morgan fingerprint density at radius 1 is 1.38 bits per heavy atom. The molecular weight excluding hydrogens is 216 g/mol. The summed E-state index contributed by atoms with van der Waals surface area (Å²) in [6.07, 6.45) is -0.195. The number of hydrogen-bond donors (Lipinski definition) is 1. The zero-order valence-corrected chi connectivity index (χ0v) is 9.09. The van der Waals surface area contributed by atoms with Gasteiger partial charge in [0.1, 0.15) is 6.54 Å². The number of ether oxygens (including phenoxy) is 1.